The first-order valence-electron chi connectivity index (χ1n) is 14.2. The molecule has 0 bridgehead atoms. The number of azo groups is 2. The van der Waals surface area contributed by atoms with Gasteiger partial charge in [-0.1, -0.05) is 77.6 Å². The van der Waals surface area contributed by atoms with Gasteiger partial charge in [0.15, 0.2) is 0 Å². The van der Waals surface area contributed by atoms with Gasteiger partial charge in [0.25, 0.3) is 0 Å². The molecule has 6 aromatic carbocycles. The minimum atomic E-state index is -5.40. The molecule has 0 fully saturated rings. The van der Waals surface area contributed by atoms with Crippen molar-refractivity contribution in [3.8, 4) is 34.1 Å². The molecule has 6 rings (SSSR count). The number of benzene rings is 6. The number of fused-ring (bicyclic) bond motifs is 2. The molecule has 6 aromatic rings. The molecule has 0 aliphatic heterocycles. The van der Waals surface area contributed by atoms with Gasteiger partial charge in [0.2, 0.25) is 0 Å². The van der Waals surface area contributed by atoms with Crippen LogP contribution in [0.5, 0.6) is 23.0 Å². The third kappa shape index (κ3) is 11.6. The average Bonchev–Trinajstić information content (AvgIpc) is 3.06. The van der Waals surface area contributed by atoms with E-state index in [2.05, 4.69) is 20.5 Å². The predicted molar refractivity (Wildman–Crippen MR) is 170 cm³/mol. The summed E-state index contributed by atoms with van der Waals surface area (Å²) >= 11 is 0. The largest absolute Gasteiger partial charge is 2.00 e. The number of nitrogens with zero attached hydrogens (tertiary/aromatic N) is 4. The van der Waals surface area contributed by atoms with Crippen molar-refractivity contribution in [3.05, 3.63) is 91.0 Å². The molecule has 57 heavy (non-hydrogen) atoms. The second kappa shape index (κ2) is 20.5. The summed E-state index contributed by atoms with van der Waals surface area (Å²) in [5.74, 6) is -3.54. The summed E-state index contributed by atoms with van der Waals surface area (Å²) in [6.45, 7) is 0. The maximum Gasteiger partial charge on any atom is 2.00 e. The fraction of sp³-hybridized carbons (Fsp3) is 0. The predicted octanol–water partition coefficient (Wildman–Crippen LogP) is -5.50. The second-order valence-electron chi connectivity index (χ2n) is 10.8. The van der Waals surface area contributed by atoms with Crippen LogP contribution in [0.15, 0.2) is 126 Å². The maximum atomic E-state index is 13.2. The third-order valence-corrected chi connectivity index (χ3v) is 10.1. The summed E-state index contributed by atoms with van der Waals surface area (Å²) in [6.07, 6.45) is 0. The zero-order valence-corrected chi connectivity index (χ0v) is 39.4. The monoisotopic (exact) mass is 954 g/mol. The minimum absolute atomic E-state index is 0. The molecule has 0 aliphatic rings. The van der Waals surface area contributed by atoms with E-state index in [0.717, 1.165) is 54.6 Å². The van der Waals surface area contributed by atoms with Crippen LogP contribution in [0, 0.1) is 0 Å². The van der Waals surface area contributed by atoms with Crippen LogP contribution in [0.1, 0.15) is 0 Å². The molecule has 0 saturated carbocycles. The van der Waals surface area contributed by atoms with E-state index in [1.165, 1.54) is 30.3 Å². The van der Waals surface area contributed by atoms with E-state index in [0.29, 0.717) is 6.07 Å². The topological polar surface area (TPSA) is 313 Å². The number of hydrogen-bond donors (Lipinski definition) is 0. The van der Waals surface area contributed by atoms with Crippen molar-refractivity contribution in [2.24, 2.45) is 20.5 Å². The van der Waals surface area contributed by atoms with Crippen molar-refractivity contribution in [2.75, 3.05) is 0 Å². The molecular weight excluding hydrogens is 941 g/mol. The van der Waals surface area contributed by atoms with E-state index in [1.54, 1.807) is 0 Å². The standard InChI is InChI=1S/C32H22N4O13S3.2Cu.3Na/c37-24-11-6-18-12-20(50(41,42)43)7-8-21(18)30(24)35-33-22-9-4-16(13-25(22)38)17-5-10-23(26(39)14-17)34-36-31-28(52(47,48)49)15-19-2-1-3-27(51(44,45)46)29(19)32(31)40;;;;;/h1-15,37-40H,(H,41,42,43)(H,44,45,46)(H,47,48,49);;;;;/q;2*+2;3*+1/p-7. The van der Waals surface area contributed by atoms with Crippen LogP contribution in [0.25, 0.3) is 32.7 Å². The van der Waals surface area contributed by atoms with E-state index in [1.807, 2.05) is 0 Å². The van der Waals surface area contributed by atoms with Gasteiger partial charge in [-0.05, 0) is 63.7 Å². The molecule has 0 aromatic heterocycles. The Morgan fingerprint density at radius 1 is 0.456 bits per heavy atom. The zero-order chi connectivity index (χ0) is 37.7. The van der Waals surface area contributed by atoms with Crippen molar-refractivity contribution < 1.29 is 182 Å². The summed E-state index contributed by atoms with van der Waals surface area (Å²) in [5, 5.41) is 65.6. The van der Waals surface area contributed by atoms with Gasteiger partial charge in [-0.3, -0.25) is 0 Å². The maximum absolute atomic E-state index is 13.2. The molecule has 0 spiro atoms. The molecule has 0 heterocycles. The van der Waals surface area contributed by atoms with Crippen molar-refractivity contribution >= 4 is 74.6 Å². The quantitative estimate of drug-likeness (QED) is 0.0782. The van der Waals surface area contributed by atoms with Crippen LogP contribution in [-0.2, 0) is 64.5 Å². The van der Waals surface area contributed by atoms with E-state index < -0.39 is 84.8 Å². The van der Waals surface area contributed by atoms with E-state index in [4.69, 9.17) is 0 Å². The SMILES string of the molecule is O=S(=O)([O-])c1ccc2c(N=Nc3ccc(-c4ccc(N=Nc5c(S(=O)(=O)[O-])cc6cccc(S(=O)(=O)[O-])c6c5[O-])c([O-])c4)cc3[O-])c([O-])ccc2c1.[Cu+2].[Cu+2].[Na+].[Na+].[Na+]. The number of rotatable bonds is 8. The molecule has 2 radical (unpaired) electrons. The Labute approximate surface area is 411 Å². The Hall–Kier alpha value is -1.99. The van der Waals surface area contributed by atoms with Crippen molar-refractivity contribution in [3.63, 3.8) is 0 Å². The normalized spacial score (nSPS) is 11.6. The number of hydrogen-bond acceptors (Lipinski definition) is 17. The van der Waals surface area contributed by atoms with Crippen molar-refractivity contribution in [1.29, 1.82) is 0 Å². The molecule has 284 valence electrons. The van der Waals surface area contributed by atoms with Gasteiger partial charge in [-0.25, -0.2) is 25.3 Å². The summed E-state index contributed by atoms with van der Waals surface area (Å²) < 4.78 is 105. The summed E-state index contributed by atoms with van der Waals surface area (Å²) in [6, 6.07) is 16.5. The van der Waals surface area contributed by atoms with Crippen LogP contribution in [0.4, 0.5) is 22.7 Å². The molecule has 0 amide bonds. The Kier molecular flexibility index (Phi) is 19.1. The Morgan fingerprint density at radius 2 is 0.982 bits per heavy atom. The first-order chi connectivity index (χ1) is 24.3. The first-order valence-corrected chi connectivity index (χ1v) is 18.4. The van der Waals surface area contributed by atoms with Gasteiger partial charge >= 0.3 is 123 Å². The van der Waals surface area contributed by atoms with Gasteiger partial charge < -0.3 is 34.1 Å². The van der Waals surface area contributed by atoms with Gasteiger partial charge in [0.1, 0.15) is 30.4 Å². The van der Waals surface area contributed by atoms with Crippen LogP contribution < -0.4 is 109 Å². The zero-order valence-electron chi connectivity index (χ0n) is 29.1. The summed E-state index contributed by atoms with van der Waals surface area (Å²) in [4.78, 5) is -2.68. The molecule has 0 aliphatic carbocycles. The van der Waals surface area contributed by atoms with E-state index in [-0.39, 0.29) is 161 Å². The van der Waals surface area contributed by atoms with E-state index >= 15 is 0 Å². The Balaban J connectivity index is 0.00000325. The van der Waals surface area contributed by atoms with E-state index in [9.17, 15) is 59.3 Å². The fourth-order valence-electron chi connectivity index (χ4n) is 5.14. The molecule has 25 heteroatoms. The van der Waals surface area contributed by atoms with Crippen LogP contribution >= 0.6 is 0 Å². The third-order valence-electron chi connectivity index (χ3n) is 7.54. The summed E-state index contributed by atoms with van der Waals surface area (Å²) in [5.41, 5.74) is -1.62. The minimum Gasteiger partial charge on any atom is -0.871 e. The van der Waals surface area contributed by atoms with Crippen molar-refractivity contribution in [2.45, 2.75) is 14.7 Å². The smallest absolute Gasteiger partial charge is 0.871 e. The van der Waals surface area contributed by atoms with Gasteiger partial charge in [0.05, 0.1) is 37.4 Å². The van der Waals surface area contributed by atoms with Crippen LogP contribution in [0.3, 0.4) is 0 Å². The van der Waals surface area contributed by atoms with Crippen LogP contribution in [0.2, 0.25) is 0 Å². The summed E-state index contributed by atoms with van der Waals surface area (Å²) in [7, 11) is -15.4. The average molecular weight is 956 g/mol. The van der Waals surface area contributed by atoms with Crippen molar-refractivity contribution in [1.82, 2.24) is 0 Å². The van der Waals surface area contributed by atoms with Crippen LogP contribution in [-0.4, -0.2) is 38.9 Å². The molecular formula is C32H15Cu2N4Na3O13S3. The first kappa shape index (κ1) is 53.0. The van der Waals surface area contributed by atoms with Gasteiger partial charge in [-0.15, -0.1) is 5.11 Å². The molecule has 17 nitrogen and oxygen atoms in total. The Morgan fingerprint density at radius 3 is 1.47 bits per heavy atom. The van der Waals surface area contributed by atoms with Gasteiger partial charge in [0, 0.05) is 5.39 Å². The van der Waals surface area contributed by atoms with Gasteiger partial charge in [-0.2, -0.15) is 15.3 Å². The second-order valence-corrected chi connectivity index (χ2v) is 14.9. The molecule has 0 atom stereocenters. The molecule has 0 unspecified atom stereocenters. The molecule has 0 saturated heterocycles. The Bertz CT molecular complexity index is 2910. The fourth-order valence-corrected chi connectivity index (χ4v) is 6.99. The molecule has 0 N–H and O–H groups in total.